The van der Waals surface area contributed by atoms with Crippen molar-refractivity contribution >= 4 is 11.6 Å². The summed E-state index contributed by atoms with van der Waals surface area (Å²) in [6.07, 6.45) is 6.58. The fourth-order valence-corrected chi connectivity index (χ4v) is 2.29. The fraction of sp³-hybridized carbons (Fsp3) is 0.250. The molecule has 0 bridgehead atoms. The van der Waals surface area contributed by atoms with Crippen molar-refractivity contribution in [2.75, 3.05) is 6.54 Å². The van der Waals surface area contributed by atoms with E-state index < -0.39 is 5.91 Å². The second-order valence-electron chi connectivity index (χ2n) is 5.46. The number of hydrogen-bond acceptors (Lipinski definition) is 4. The average molecular weight is 311 g/mol. The van der Waals surface area contributed by atoms with Gasteiger partial charge >= 0.3 is 0 Å². The van der Waals surface area contributed by atoms with E-state index in [-0.39, 0.29) is 17.2 Å². The third kappa shape index (κ3) is 2.98. The fourth-order valence-electron chi connectivity index (χ4n) is 2.29. The van der Waals surface area contributed by atoms with E-state index in [9.17, 15) is 9.59 Å². The Morgan fingerprint density at radius 3 is 2.91 bits per heavy atom. The Labute approximate surface area is 132 Å². The van der Waals surface area contributed by atoms with Gasteiger partial charge in [0.2, 0.25) is 0 Å². The summed E-state index contributed by atoms with van der Waals surface area (Å²) < 4.78 is 3.14. The molecule has 0 spiro atoms. The Kier molecular flexibility index (Phi) is 3.92. The minimum absolute atomic E-state index is 0.0104. The summed E-state index contributed by atoms with van der Waals surface area (Å²) in [6, 6.07) is 5.21. The molecule has 7 heteroatoms. The molecule has 1 atom stereocenters. The van der Waals surface area contributed by atoms with Gasteiger partial charge in [0.1, 0.15) is 11.2 Å². The van der Waals surface area contributed by atoms with Gasteiger partial charge in [0, 0.05) is 25.1 Å². The van der Waals surface area contributed by atoms with Crippen LogP contribution in [0.15, 0.2) is 47.8 Å². The lowest BCUT2D eigenvalue weighted by Crippen LogP contribution is -2.34. The Hall–Kier alpha value is -2.96. The van der Waals surface area contributed by atoms with Crippen molar-refractivity contribution in [3.8, 4) is 0 Å². The zero-order valence-electron chi connectivity index (χ0n) is 12.9. The Balaban J connectivity index is 1.76. The molecular formula is C16H17N5O2. The number of fused-ring (bicyclic) bond motifs is 1. The Morgan fingerprint density at radius 2 is 2.17 bits per heavy atom. The van der Waals surface area contributed by atoms with Crippen molar-refractivity contribution in [3.63, 3.8) is 0 Å². The van der Waals surface area contributed by atoms with Crippen LogP contribution in [0, 0.1) is 6.92 Å². The summed E-state index contributed by atoms with van der Waals surface area (Å²) in [4.78, 5) is 28.7. The number of carbonyl (C=O) groups is 1. The zero-order valence-corrected chi connectivity index (χ0v) is 12.9. The zero-order chi connectivity index (χ0) is 16.4. The second-order valence-corrected chi connectivity index (χ2v) is 5.46. The topological polar surface area (TPSA) is 81.3 Å². The van der Waals surface area contributed by atoms with Crippen LogP contribution in [0.4, 0.5) is 0 Å². The number of carbonyl (C=O) groups excluding carboxylic acids is 1. The quantitative estimate of drug-likeness (QED) is 0.785. The lowest BCUT2D eigenvalue weighted by Gasteiger charge is -2.13. The molecule has 1 amide bonds. The molecule has 118 valence electrons. The van der Waals surface area contributed by atoms with Gasteiger partial charge in [-0.15, -0.1) is 0 Å². The molecule has 3 aromatic rings. The highest BCUT2D eigenvalue weighted by atomic mass is 16.2. The van der Waals surface area contributed by atoms with Crippen LogP contribution < -0.4 is 10.9 Å². The maximum absolute atomic E-state index is 12.3. The highest BCUT2D eigenvalue weighted by Crippen LogP contribution is 2.05. The first-order chi connectivity index (χ1) is 11.1. The van der Waals surface area contributed by atoms with Crippen molar-refractivity contribution in [2.45, 2.75) is 19.9 Å². The molecule has 3 heterocycles. The number of rotatable bonds is 4. The molecule has 0 aliphatic rings. The maximum atomic E-state index is 12.3. The van der Waals surface area contributed by atoms with Crippen LogP contribution in [0.3, 0.4) is 0 Å². The summed E-state index contributed by atoms with van der Waals surface area (Å²) in [7, 11) is 0. The number of nitrogens with zero attached hydrogens (tertiary/aromatic N) is 4. The second kappa shape index (κ2) is 6.04. The van der Waals surface area contributed by atoms with Gasteiger partial charge in [-0.1, -0.05) is 6.07 Å². The number of pyridine rings is 1. The van der Waals surface area contributed by atoms with Crippen LogP contribution in [0.25, 0.3) is 5.65 Å². The van der Waals surface area contributed by atoms with E-state index in [1.54, 1.807) is 35.3 Å². The van der Waals surface area contributed by atoms with Gasteiger partial charge in [-0.25, -0.2) is 4.98 Å². The first kappa shape index (κ1) is 15.0. The summed E-state index contributed by atoms with van der Waals surface area (Å²) in [5.74, 6) is -0.434. The summed E-state index contributed by atoms with van der Waals surface area (Å²) >= 11 is 0. The highest BCUT2D eigenvalue weighted by Gasteiger charge is 2.14. The summed E-state index contributed by atoms with van der Waals surface area (Å²) in [5.41, 5.74) is 1.21. The van der Waals surface area contributed by atoms with Crippen LogP contribution in [-0.2, 0) is 0 Å². The molecule has 7 nitrogen and oxygen atoms in total. The van der Waals surface area contributed by atoms with Gasteiger partial charge in [-0.05, 0) is 31.5 Å². The molecule has 0 aliphatic heterocycles. The van der Waals surface area contributed by atoms with E-state index in [0.29, 0.717) is 12.2 Å². The molecule has 0 saturated heterocycles. The van der Waals surface area contributed by atoms with Gasteiger partial charge in [0.15, 0.2) is 0 Å². The van der Waals surface area contributed by atoms with E-state index in [1.807, 2.05) is 20.0 Å². The normalized spacial score (nSPS) is 12.3. The molecule has 0 aliphatic carbocycles. The molecule has 1 unspecified atom stereocenters. The van der Waals surface area contributed by atoms with Crippen LogP contribution >= 0.6 is 0 Å². The van der Waals surface area contributed by atoms with Gasteiger partial charge in [-0.2, -0.15) is 5.10 Å². The van der Waals surface area contributed by atoms with Crippen molar-refractivity contribution in [2.24, 2.45) is 0 Å². The minimum Gasteiger partial charge on any atom is -0.350 e. The molecule has 0 aromatic carbocycles. The molecule has 0 radical (unpaired) electrons. The molecule has 3 aromatic heterocycles. The SMILES string of the molecule is Cc1cnn(C(C)CNC(=O)c2cnc3ccccn3c2=O)c1. The molecule has 0 saturated carbocycles. The summed E-state index contributed by atoms with van der Waals surface area (Å²) in [6.45, 7) is 4.27. The molecule has 3 rings (SSSR count). The summed E-state index contributed by atoms with van der Waals surface area (Å²) in [5, 5.41) is 6.97. The van der Waals surface area contributed by atoms with E-state index >= 15 is 0 Å². The predicted molar refractivity (Wildman–Crippen MR) is 85.5 cm³/mol. The molecule has 0 fully saturated rings. The van der Waals surface area contributed by atoms with E-state index in [1.165, 1.54) is 10.6 Å². The van der Waals surface area contributed by atoms with Crippen molar-refractivity contribution in [1.82, 2.24) is 24.5 Å². The predicted octanol–water partition coefficient (Wildman–Crippen LogP) is 1.19. The van der Waals surface area contributed by atoms with Gasteiger partial charge < -0.3 is 5.32 Å². The highest BCUT2D eigenvalue weighted by molar-refractivity contribution is 5.93. The third-order valence-electron chi connectivity index (χ3n) is 3.60. The molecular weight excluding hydrogens is 294 g/mol. The lowest BCUT2D eigenvalue weighted by molar-refractivity contribution is 0.0946. The van der Waals surface area contributed by atoms with Crippen LogP contribution in [0.1, 0.15) is 28.9 Å². The minimum atomic E-state index is -0.434. The Morgan fingerprint density at radius 1 is 1.35 bits per heavy atom. The monoisotopic (exact) mass is 311 g/mol. The largest absolute Gasteiger partial charge is 0.350 e. The number of nitrogens with one attached hydrogen (secondary N) is 1. The van der Waals surface area contributed by atoms with E-state index in [2.05, 4.69) is 15.4 Å². The first-order valence-electron chi connectivity index (χ1n) is 7.31. The smallest absolute Gasteiger partial charge is 0.270 e. The lowest BCUT2D eigenvalue weighted by atomic mass is 10.2. The van der Waals surface area contributed by atoms with Gasteiger partial charge in [0.25, 0.3) is 11.5 Å². The van der Waals surface area contributed by atoms with Crippen molar-refractivity contribution < 1.29 is 4.79 Å². The molecule has 1 N–H and O–H groups in total. The number of hydrogen-bond donors (Lipinski definition) is 1. The number of amides is 1. The van der Waals surface area contributed by atoms with Crippen molar-refractivity contribution in [1.29, 1.82) is 0 Å². The third-order valence-corrected chi connectivity index (χ3v) is 3.60. The van der Waals surface area contributed by atoms with E-state index in [4.69, 9.17) is 0 Å². The number of aromatic nitrogens is 4. The van der Waals surface area contributed by atoms with Crippen molar-refractivity contribution in [3.05, 3.63) is 64.5 Å². The maximum Gasteiger partial charge on any atom is 0.270 e. The number of aryl methyl sites for hydroxylation is 1. The molecule has 23 heavy (non-hydrogen) atoms. The van der Waals surface area contributed by atoms with Crippen LogP contribution in [-0.4, -0.2) is 31.6 Å². The van der Waals surface area contributed by atoms with Gasteiger partial charge in [-0.3, -0.25) is 18.7 Å². The standard InChI is InChI=1S/C16H17N5O2/c1-11-7-19-21(10-11)12(2)8-18-15(22)13-9-17-14-5-3-4-6-20(14)16(13)23/h3-7,9-10,12H,8H2,1-2H3,(H,18,22). The first-order valence-corrected chi connectivity index (χ1v) is 7.31. The van der Waals surface area contributed by atoms with Crippen LogP contribution in [0.5, 0.6) is 0 Å². The van der Waals surface area contributed by atoms with Gasteiger partial charge in [0.05, 0.1) is 12.2 Å². The van der Waals surface area contributed by atoms with E-state index in [0.717, 1.165) is 5.56 Å². The Bertz CT molecular complexity index is 912. The van der Waals surface area contributed by atoms with Crippen LogP contribution in [0.2, 0.25) is 0 Å². The average Bonchev–Trinajstić information content (AvgIpc) is 2.99.